The van der Waals surface area contributed by atoms with Gasteiger partial charge in [-0.1, -0.05) is 30.3 Å². The third kappa shape index (κ3) is 1.55. The van der Waals surface area contributed by atoms with E-state index in [1.165, 1.54) is 6.07 Å². The SMILES string of the molecule is [N-]=[N+]=NC(=O)c1ccc2ccccc2c1O. The summed E-state index contributed by atoms with van der Waals surface area (Å²) in [4.78, 5) is 13.7. The van der Waals surface area contributed by atoms with Gasteiger partial charge < -0.3 is 5.11 Å². The van der Waals surface area contributed by atoms with Gasteiger partial charge in [0.15, 0.2) is 0 Å². The van der Waals surface area contributed by atoms with E-state index in [2.05, 4.69) is 10.0 Å². The van der Waals surface area contributed by atoms with Crippen LogP contribution in [0.3, 0.4) is 0 Å². The van der Waals surface area contributed by atoms with Gasteiger partial charge in [0.2, 0.25) is 0 Å². The highest BCUT2D eigenvalue weighted by Gasteiger charge is 2.11. The number of hydrogen-bond acceptors (Lipinski definition) is 2. The van der Waals surface area contributed by atoms with Gasteiger partial charge in [-0.05, 0) is 22.1 Å². The van der Waals surface area contributed by atoms with E-state index in [-0.39, 0.29) is 11.3 Å². The molecule has 0 saturated heterocycles. The molecule has 5 nitrogen and oxygen atoms in total. The first-order valence-electron chi connectivity index (χ1n) is 4.54. The first kappa shape index (κ1) is 10.0. The molecule has 0 aliphatic rings. The van der Waals surface area contributed by atoms with E-state index in [9.17, 15) is 9.90 Å². The lowest BCUT2D eigenvalue weighted by Gasteiger charge is -2.04. The Hall–Kier alpha value is -2.52. The zero-order valence-corrected chi connectivity index (χ0v) is 8.16. The summed E-state index contributed by atoms with van der Waals surface area (Å²) >= 11 is 0. The molecule has 0 fully saturated rings. The molecule has 2 aromatic rings. The quantitative estimate of drug-likeness (QED) is 0.448. The minimum atomic E-state index is -0.786. The number of phenolic OH excluding ortho intramolecular Hbond substituents is 1. The lowest BCUT2D eigenvalue weighted by atomic mass is 10.1. The number of nitrogens with zero attached hydrogens (tertiary/aromatic N) is 3. The van der Waals surface area contributed by atoms with Crippen molar-refractivity contribution in [2.75, 3.05) is 0 Å². The van der Waals surface area contributed by atoms with Crippen LogP contribution in [0, 0.1) is 0 Å². The molecular formula is C11H7N3O2. The molecule has 78 valence electrons. The lowest BCUT2D eigenvalue weighted by molar-refractivity contribution is 0.0998. The molecule has 1 amide bonds. The first-order valence-corrected chi connectivity index (χ1v) is 4.54. The molecule has 0 atom stereocenters. The normalized spacial score (nSPS) is 9.75. The van der Waals surface area contributed by atoms with E-state index < -0.39 is 5.91 Å². The fourth-order valence-electron chi connectivity index (χ4n) is 1.52. The number of hydrogen-bond donors (Lipinski definition) is 1. The number of aromatic hydroxyl groups is 1. The highest BCUT2D eigenvalue weighted by atomic mass is 16.3. The molecule has 16 heavy (non-hydrogen) atoms. The second kappa shape index (κ2) is 3.92. The summed E-state index contributed by atoms with van der Waals surface area (Å²) in [6.45, 7) is 0. The molecular weight excluding hydrogens is 206 g/mol. The van der Waals surface area contributed by atoms with Crippen molar-refractivity contribution in [1.29, 1.82) is 0 Å². The molecule has 1 N–H and O–H groups in total. The molecule has 0 unspecified atom stereocenters. The van der Waals surface area contributed by atoms with Crippen molar-refractivity contribution in [3.8, 4) is 5.75 Å². The Morgan fingerprint density at radius 1 is 1.25 bits per heavy atom. The Kier molecular flexibility index (Phi) is 2.45. The summed E-state index contributed by atoms with van der Waals surface area (Å²) in [5.41, 5.74) is 8.17. The number of rotatable bonds is 1. The van der Waals surface area contributed by atoms with Crippen molar-refractivity contribution in [2.45, 2.75) is 0 Å². The van der Waals surface area contributed by atoms with Gasteiger partial charge in [0.25, 0.3) is 5.91 Å². The number of fused-ring (bicyclic) bond motifs is 1. The number of benzene rings is 2. The van der Waals surface area contributed by atoms with E-state index in [1.807, 2.05) is 12.1 Å². The zero-order valence-electron chi connectivity index (χ0n) is 8.16. The molecule has 0 aliphatic heterocycles. The molecule has 5 heteroatoms. The van der Waals surface area contributed by atoms with Gasteiger partial charge >= 0.3 is 0 Å². The molecule has 0 aliphatic carbocycles. The predicted molar refractivity (Wildman–Crippen MR) is 59.1 cm³/mol. The maximum absolute atomic E-state index is 11.3. The summed E-state index contributed by atoms with van der Waals surface area (Å²) in [6, 6.07) is 10.2. The molecule has 0 heterocycles. The Balaban J connectivity index is 2.69. The Morgan fingerprint density at radius 3 is 2.75 bits per heavy atom. The molecule has 0 bridgehead atoms. The monoisotopic (exact) mass is 213 g/mol. The minimum Gasteiger partial charge on any atom is -0.507 e. The van der Waals surface area contributed by atoms with Gasteiger partial charge in [-0.15, -0.1) is 0 Å². The third-order valence-corrected chi connectivity index (χ3v) is 2.27. The number of carbonyl (C=O) groups excluding carboxylic acids is 1. The zero-order chi connectivity index (χ0) is 11.5. The fourth-order valence-corrected chi connectivity index (χ4v) is 1.52. The first-order chi connectivity index (χ1) is 7.74. The predicted octanol–water partition coefficient (Wildman–Crippen LogP) is 3.00. The van der Waals surface area contributed by atoms with Crippen molar-refractivity contribution in [3.05, 3.63) is 52.4 Å². The Bertz CT molecular complexity index is 616. The topological polar surface area (TPSA) is 86.1 Å². The number of phenols is 1. The van der Waals surface area contributed by atoms with Crippen molar-refractivity contribution >= 4 is 16.7 Å². The maximum atomic E-state index is 11.3. The average Bonchev–Trinajstić information content (AvgIpc) is 2.30. The van der Waals surface area contributed by atoms with Crippen LogP contribution in [0.1, 0.15) is 10.4 Å². The van der Waals surface area contributed by atoms with Crippen LogP contribution in [0.15, 0.2) is 41.5 Å². The van der Waals surface area contributed by atoms with Gasteiger partial charge in [0.1, 0.15) is 5.75 Å². The number of amides is 1. The smallest absolute Gasteiger partial charge is 0.252 e. The second-order valence-corrected chi connectivity index (χ2v) is 3.18. The van der Waals surface area contributed by atoms with Gasteiger partial charge in [-0.2, -0.15) is 0 Å². The van der Waals surface area contributed by atoms with Crippen LogP contribution in [0.2, 0.25) is 0 Å². The highest BCUT2D eigenvalue weighted by Crippen LogP contribution is 2.28. The summed E-state index contributed by atoms with van der Waals surface area (Å²) in [6.07, 6.45) is 0. The third-order valence-electron chi connectivity index (χ3n) is 2.27. The van der Waals surface area contributed by atoms with Crippen molar-refractivity contribution in [3.63, 3.8) is 0 Å². The molecule has 0 radical (unpaired) electrons. The maximum Gasteiger partial charge on any atom is 0.252 e. The average molecular weight is 213 g/mol. The minimum absolute atomic E-state index is 0.0106. The van der Waals surface area contributed by atoms with E-state index in [4.69, 9.17) is 5.53 Å². The van der Waals surface area contributed by atoms with Crippen LogP contribution in [-0.2, 0) is 0 Å². The Morgan fingerprint density at radius 2 is 2.00 bits per heavy atom. The number of azide groups is 1. The van der Waals surface area contributed by atoms with Gasteiger partial charge in [-0.3, -0.25) is 4.79 Å². The van der Waals surface area contributed by atoms with Crippen LogP contribution >= 0.6 is 0 Å². The molecule has 0 saturated carbocycles. The summed E-state index contributed by atoms with van der Waals surface area (Å²) in [5, 5.41) is 14.2. The number of carbonyl (C=O) groups is 1. The molecule has 2 aromatic carbocycles. The van der Waals surface area contributed by atoms with Crippen LogP contribution in [0.4, 0.5) is 0 Å². The lowest BCUT2D eigenvalue weighted by Crippen LogP contribution is -1.94. The van der Waals surface area contributed by atoms with Gasteiger partial charge in [0.05, 0.1) is 5.56 Å². The van der Waals surface area contributed by atoms with Crippen LogP contribution < -0.4 is 0 Å². The van der Waals surface area contributed by atoms with E-state index in [0.29, 0.717) is 5.39 Å². The molecule has 2 rings (SSSR count). The van der Waals surface area contributed by atoms with E-state index >= 15 is 0 Å². The largest absolute Gasteiger partial charge is 0.507 e. The van der Waals surface area contributed by atoms with Gasteiger partial charge in [-0.25, -0.2) is 0 Å². The van der Waals surface area contributed by atoms with Crippen molar-refractivity contribution in [2.24, 2.45) is 5.11 Å². The van der Waals surface area contributed by atoms with Crippen molar-refractivity contribution < 1.29 is 9.90 Å². The Labute approximate surface area is 90.6 Å². The molecule has 0 spiro atoms. The second-order valence-electron chi connectivity index (χ2n) is 3.18. The van der Waals surface area contributed by atoms with Crippen molar-refractivity contribution in [1.82, 2.24) is 0 Å². The van der Waals surface area contributed by atoms with Crippen LogP contribution in [0.5, 0.6) is 5.75 Å². The summed E-state index contributed by atoms with van der Waals surface area (Å²) in [7, 11) is 0. The fraction of sp³-hybridized carbons (Fsp3) is 0. The van der Waals surface area contributed by atoms with E-state index in [0.717, 1.165) is 5.39 Å². The van der Waals surface area contributed by atoms with Gasteiger partial charge in [0, 0.05) is 10.3 Å². The molecule has 0 aromatic heterocycles. The highest BCUT2D eigenvalue weighted by molar-refractivity contribution is 6.03. The van der Waals surface area contributed by atoms with Crippen LogP contribution in [0.25, 0.3) is 21.2 Å². The standard InChI is InChI=1S/C11H7N3O2/c12-14-13-11(16)9-6-5-7-3-1-2-4-8(7)10(9)15/h1-6,15H. The van der Waals surface area contributed by atoms with Crippen LogP contribution in [-0.4, -0.2) is 11.0 Å². The summed E-state index contributed by atoms with van der Waals surface area (Å²) in [5.74, 6) is -0.943. The van der Waals surface area contributed by atoms with E-state index in [1.54, 1.807) is 18.2 Å². The summed E-state index contributed by atoms with van der Waals surface area (Å²) < 4.78 is 0.